The number of para-hydroxylation sites is 1. The SMILES string of the molecule is NC(=O)c1cn(CCOc2ccccc2)nn1. The van der Waals surface area contributed by atoms with Gasteiger partial charge in [0.05, 0.1) is 12.7 Å². The zero-order valence-corrected chi connectivity index (χ0v) is 9.11. The Bertz CT molecular complexity index is 495. The summed E-state index contributed by atoms with van der Waals surface area (Å²) in [5, 5.41) is 7.38. The fourth-order valence-corrected chi connectivity index (χ4v) is 1.29. The molecule has 6 heteroatoms. The molecule has 1 heterocycles. The zero-order chi connectivity index (χ0) is 12.1. The highest BCUT2D eigenvalue weighted by Crippen LogP contribution is 2.07. The van der Waals surface area contributed by atoms with Gasteiger partial charge in [-0.1, -0.05) is 23.4 Å². The highest BCUT2D eigenvalue weighted by atomic mass is 16.5. The summed E-state index contributed by atoms with van der Waals surface area (Å²) in [6.45, 7) is 0.959. The molecule has 1 amide bonds. The van der Waals surface area contributed by atoms with Crippen LogP contribution in [0.1, 0.15) is 10.5 Å². The number of hydrogen-bond acceptors (Lipinski definition) is 4. The van der Waals surface area contributed by atoms with E-state index in [0.717, 1.165) is 5.75 Å². The van der Waals surface area contributed by atoms with Crippen molar-refractivity contribution in [1.82, 2.24) is 15.0 Å². The molecule has 0 spiro atoms. The van der Waals surface area contributed by atoms with Gasteiger partial charge < -0.3 is 10.5 Å². The van der Waals surface area contributed by atoms with Gasteiger partial charge in [-0.3, -0.25) is 4.79 Å². The summed E-state index contributed by atoms with van der Waals surface area (Å²) < 4.78 is 6.99. The molecule has 1 aromatic carbocycles. The van der Waals surface area contributed by atoms with E-state index in [1.807, 2.05) is 30.3 Å². The van der Waals surface area contributed by atoms with Gasteiger partial charge in [0.25, 0.3) is 5.91 Å². The van der Waals surface area contributed by atoms with E-state index in [2.05, 4.69) is 10.3 Å². The van der Waals surface area contributed by atoms with E-state index in [1.165, 1.54) is 10.9 Å². The molecule has 6 nitrogen and oxygen atoms in total. The van der Waals surface area contributed by atoms with Crippen molar-refractivity contribution in [2.24, 2.45) is 5.73 Å². The van der Waals surface area contributed by atoms with Crippen LogP contribution in [0.15, 0.2) is 36.5 Å². The Kier molecular flexibility index (Phi) is 3.34. The van der Waals surface area contributed by atoms with Gasteiger partial charge in [-0.05, 0) is 12.1 Å². The van der Waals surface area contributed by atoms with E-state index in [4.69, 9.17) is 10.5 Å². The maximum absolute atomic E-state index is 10.8. The van der Waals surface area contributed by atoms with Crippen molar-refractivity contribution >= 4 is 5.91 Å². The Labute approximate surface area is 98.0 Å². The third kappa shape index (κ3) is 3.04. The molecular weight excluding hydrogens is 220 g/mol. The lowest BCUT2D eigenvalue weighted by Crippen LogP contribution is -2.11. The number of benzene rings is 1. The molecule has 88 valence electrons. The van der Waals surface area contributed by atoms with Gasteiger partial charge in [-0.2, -0.15) is 0 Å². The number of nitrogens with zero attached hydrogens (tertiary/aromatic N) is 3. The second kappa shape index (κ2) is 5.11. The quantitative estimate of drug-likeness (QED) is 0.811. The van der Waals surface area contributed by atoms with Gasteiger partial charge in [-0.15, -0.1) is 5.10 Å². The summed E-state index contributed by atoms with van der Waals surface area (Å²) >= 11 is 0. The fourth-order valence-electron chi connectivity index (χ4n) is 1.29. The average molecular weight is 232 g/mol. The number of primary amides is 1. The first-order chi connectivity index (χ1) is 8.25. The largest absolute Gasteiger partial charge is 0.492 e. The molecule has 0 aliphatic carbocycles. The summed E-state index contributed by atoms with van der Waals surface area (Å²) in [5.74, 6) is 0.211. The van der Waals surface area contributed by atoms with Gasteiger partial charge in [0.15, 0.2) is 5.69 Å². The minimum atomic E-state index is -0.583. The maximum Gasteiger partial charge on any atom is 0.270 e. The summed E-state index contributed by atoms with van der Waals surface area (Å²) in [6, 6.07) is 9.46. The fraction of sp³-hybridized carbons (Fsp3) is 0.182. The number of nitrogens with two attached hydrogens (primary N) is 1. The smallest absolute Gasteiger partial charge is 0.270 e. The molecule has 0 unspecified atom stereocenters. The topological polar surface area (TPSA) is 83.0 Å². The van der Waals surface area contributed by atoms with Crippen LogP contribution >= 0.6 is 0 Å². The molecule has 0 radical (unpaired) electrons. The highest BCUT2D eigenvalue weighted by molar-refractivity contribution is 5.90. The van der Waals surface area contributed by atoms with Crippen molar-refractivity contribution in [2.75, 3.05) is 6.61 Å². The van der Waals surface area contributed by atoms with E-state index in [-0.39, 0.29) is 5.69 Å². The van der Waals surface area contributed by atoms with Gasteiger partial charge in [-0.25, -0.2) is 4.68 Å². The Morgan fingerprint density at radius 1 is 1.35 bits per heavy atom. The molecule has 0 saturated carbocycles. The summed E-state index contributed by atoms with van der Waals surface area (Å²) in [6.07, 6.45) is 1.50. The minimum absolute atomic E-state index is 0.157. The summed E-state index contributed by atoms with van der Waals surface area (Å²) in [4.78, 5) is 10.8. The predicted octanol–water partition coefficient (Wildman–Crippen LogP) is 0.456. The first-order valence-corrected chi connectivity index (χ1v) is 5.13. The molecule has 2 N–H and O–H groups in total. The van der Waals surface area contributed by atoms with Crippen LogP contribution in [0.25, 0.3) is 0 Å². The molecule has 0 aliphatic rings. The lowest BCUT2D eigenvalue weighted by atomic mass is 10.3. The van der Waals surface area contributed by atoms with Crippen LogP contribution in [0, 0.1) is 0 Å². The van der Waals surface area contributed by atoms with Crippen molar-refractivity contribution < 1.29 is 9.53 Å². The highest BCUT2D eigenvalue weighted by Gasteiger charge is 2.05. The van der Waals surface area contributed by atoms with Crippen molar-refractivity contribution in [2.45, 2.75) is 6.54 Å². The lowest BCUT2D eigenvalue weighted by Gasteiger charge is -2.04. The number of hydrogen-bond donors (Lipinski definition) is 1. The zero-order valence-electron chi connectivity index (χ0n) is 9.11. The van der Waals surface area contributed by atoms with Gasteiger partial charge in [0, 0.05) is 0 Å². The van der Waals surface area contributed by atoms with Gasteiger partial charge in [0.1, 0.15) is 12.4 Å². The molecule has 0 aliphatic heterocycles. The standard InChI is InChI=1S/C11H12N4O2/c12-11(16)10-8-15(14-13-10)6-7-17-9-4-2-1-3-5-9/h1-5,8H,6-7H2,(H2,12,16). The van der Waals surface area contributed by atoms with Crippen LogP contribution in [-0.2, 0) is 6.54 Å². The molecule has 0 atom stereocenters. The maximum atomic E-state index is 10.8. The molecular formula is C11H12N4O2. The monoisotopic (exact) mass is 232 g/mol. The third-order valence-electron chi connectivity index (χ3n) is 2.12. The van der Waals surface area contributed by atoms with Crippen molar-refractivity contribution in [3.63, 3.8) is 0 Å². The van der Waals surface area contributed by atoms with E-state index < -0.39 is 5.91 Å². The van der Waals surface area contributed by atoms with E-state index in [0.29, 0.717) is 13.2 Å². The minimum Gasteiger partial charge on any atom is -0.492 e. The Balaban J connectivity index is 1.84. The number of amides is 1. The number of aromatic nitrogens is 3. The molecule has 0 saturated heterocycles. The van der Waals surface area contributed by atoms with Crippen molar-refractivity contribution in [3.05, 3.63) is 42.2 Å². The second-order valence-electron chi connectivity index (χ2n) is 3.39. The summed E-state index contributed by atoms with van der Waals surface area (Å²) in [5.41, 5.74) is 5.22. The number of carbonyl (C=O) groups is 1. The van der Waals surface area contributed by atoms with Crippen molar-refractivity contribution in [3.8, 4) is 5.75 Å². The second-order valence-corrected chi connectivity index (χ2v) is 3.39. The number of carbonyl (C=O) groups excluding carboxylic acids is 1. The van der Waals surface area contributed by atoms with Crippen LogP contribution in [0.5, 0.6) is 5.75 Å². The number of ether oxygens (including phenoxy) is 1. The lowest BCUT2D eigenvalue weighted by molar-refractivity contribution is 0.0995. The van der Waals surface area contributed by atoms with Crippen LogP contribution in [-0.4, -0.2) is 27.5 Å². The Morgan fingerprint density at radius 2 is 2.12 bits per heavy atom. The molecule has 2 aromatic rings. The van der Waals surface area contributed by atoms with Crippen LogP contribution in [0.3, 0.4) is 0 Å². The van der Waals surface area contributed by atoms with Crippen LogP contribution < -0.4 is 10.5 Å². The van der Waals surface area contributed by atoms with Gasteiger partial charge in [0.2, 0.25) is 0 Å². The van der Waals surface area contributed by atoms with Crippen LogP contribution in [0.4, 0.5) is 0 Å². The first kappa shape index (κ1) is 11.1. The molecule has 2 rings (SSSR count). The molecule has 1 aromatic heterocycles. The van der Waals surface area contributed by atoms with Crippen molar-refractivity contribution in [1.29, 1.82) is 0 Å². The predicted molar refractivity (Wildman–Crippen MR) is 60.5 cm³/mol. The molecule has 17 heavy (non-hydrogen) atoms. The van der Waals surface area contributed by atoms with Crippen LogP contribution in [0.2, 0.25) is 0 Å². The number of rotatable bonds is 5. The molecule has 0 fully saturated rings. The van der Waals surface area contributed by atoms with E-state index in [9.17, 15) is 4.79 Å². The average Bonchev–Trinajstić information content (AvgIpc) is 2.79. The third-order valence-corrected chi connectivity index (χ3v) is 2.12. The Morgan fingerprint density at radius 3 is 2.76 bits per heavy atom. The first-order valence-electron chi connectivity index (χ1n) is 5.13. The Hall–Kier alpha value is -2.37. The van der Waals surface area contributed by atoms with E-state index in [1.54, 1.807) is 0 Å². The normalized spacial score (nSPS) is 10.1. The van der Waals surface area contributed by atoms with Gasteiger partial charge >= 0.3 is 0 Å². The van der Waals surface area contributed by atoms with E-state index >= 15 is 0 Å². The summed E-state index contributed by atoms with van der Waals surface area (Å²) in [7, 11) is 0. The molecule has 0 bridgehead atoms.